The van der Waals surface area contributed by atoms with Crippen molar-refractivity contribution >= 4 is 5.78 Å². The molecule has 0 heterocycles. The van der Waals surface area contributed by atoms with Crippen LogP contribution in [-0.2, 0) is 9.53 Å². The maximum Gasteiger partial charge on any atom is 0.153 e. The van der Waals surface area contributed by atoms with E-state index in [1.165, 1.54) is 0 Å². The minimum atomic E-state index is -0.741. The molecule has 1 saturated carbocycles. The van der Waals surface area contributed by atoms with Gasteiger partial charge in [-0.05, 0) is 25.2 Å². The number of Topliss-reactive ketones (excluding diaryl/α,β-unsaturated/α-hetero) is 1. The van der Waals surface area contributed by atoms with E-state index < -0.39 is 5.41 Å². The lowest BCUT2D eigenvalue weighted by Gasteiger charge is -2.28. The summed E-state index contributed by atoms with van der Waals surface area (Å²) in [5.41, 5.74) is -0.741. The van der Waals surface area contributed by atoms with E-state index in [0.717, 1.165) is 12.8 Å². The van der Waals surface area contributed by atoms with Crippen LogP contribution in [0.25, 0.3) is 0 Å². The fourth-order valence-electron chi connectivity index (χ4n) is 2.10. The van der Waals surface area contributed by atoms with Crippen molar-refractivity contribution < 1.29 is 9.53 Å². The van der Waals surface area contributed by atoms with Crippen LogP contribution >= 0.6 is 0 Å². The molecule has 0 bridgehead atoms. The standard InChI is InChI=1S/C13H21NO2/c1-11(2)9-16-8-7-13(10-14)6-4-3-5-12(13)15/h11H,3-9H2,1-2H3. The fraction of sp³-hybridized carbons (Fsp3) is 0.846. The molecule has 1 atom stereocenters. The highest BCUT2D eigenvalue weighted by Gasteiger charge is 2.39. The molecule has 16 heavy (non-hydrogen) atoms. The van der Waals surface area contributed by atoms with Crippen molar-refractivity contribution in [3.8, 4) is 6.07 Å². The Balaban J connectivity index is 2.41. The van der Waals surface area contributed by atoms with Crippen LogP contribution in [0.3, 0.4) is 0 Å². The maximum absolute atomic E-state index is 11.8. The number of nitrogens with zero attached hydrogens (tertiary/aromatic N) is 1. The highest BCUT2D eigenvalue weighted by molar-refractivity contribution is 5.88. The van der Waals surface area contributed by atoms with Gasteiger partial charge in [-0.25, -0.2) is 0 Å². The minimum Gasteiger partial charge on any atom is -0.381 e. The van der Waals surface area contributed by atoms with Gasteiger partial charge in [-0.15, -0.1) is 0 Å². The molecule has 1 unspecified atom stereocenters. The van der Waals surface area contributed by atoms with Crippen molar-refractivity contribution in [3.05, 3.63) is 0 Å². The van der Waals surface area contributed by atoms with E-state index in [4.69, 9.17) is 4.74 Å². The number of nitriles is 1. The largest absolute Gasteiger partial charge is 0.381 e. The number of rotatable bonds is 5. The number of ketones is 1. The number of carbonyl (C=O) groups excluding carboxylic acids is 1. The lowest BCUT2D eigenvalue weighted by Crippen LogP contribution is -2.34. The lowest BCUT2D eigenvalue weighted by molar-refractivity contribution is -0.129. The average Bonchev–Trinajstić information content (AvgIpc) is 2.27. The van der Waals surface area contributed by atoms with Crippen molar-refractivity contribution in [2.75, 3.05) is 13.2 Å². The molecule has 0 spiro atoms. The molecule has 1 aliphatic rings. The van der Waals surface area contributed by atoms with Gasteiger partial charge in [-0.3, -0.25) is 4.79 Å². The van der Waals surface area contributed by atoms with Crippen molar-refractivity contribution in [3.63, 3.8) is 0 Å². The van der Waals surface area contributed by atoms with Crippen LogP contribution < -0.4 is 0 Å². The molecule has 1 aliphatic carbocycles. The number of hydrogen-bond donors (Lipinski definition) is 0. The molecule has 1 fully saturated rings. The molecule has 0 amide bonds. The average molecular weight is 223 g/mol. The van der Waals surface area contributed by atoms with Crippen LogP contribution in [0, 0.1) is 22.7 Å². The van der Waals surface area contributed by atoms with E-state index in [9.17, 15) is 10.1 Å². The van der Waals surface area contributed by atoms with Gasteiger partial charge in [0.2, 0.25) is 0 Å². The second-order valence-electron chi connectivity index (χ2n) is 5.04. The molecule has 0 radical (unpaired) electrons. The molecule has 3 heteroatoms. The maximum atomic E-state index is 11.8. The van der Waals surface area contributed by atoms with E-state index in [1.54, 1.807) is 0 Å². The fourth-order valence-corrected chi connectivity index (χ4v) is 2.10. The quantitative estimate of drug-likeness (QED) is 0.673. The predicted molar refractivity (Wildman–Crippen MR) is 61.8 cm³/mol. The summed E-state index contributed by atoms with van der Waals surface area (Å²) in [4.78, 5) is 11.8. The zero-order valence-corrected chi connectivity index (χ0v) is 10.3. The van der Waals surface area contributed by atoms with Crippen LogP contribution in [0.5, 0.6) is 0 Å². The van der Waals surface area contributed by atoms with Gasteiger partial charge in [0, 0.05) is 19.6 Å². The van der Waals surface area contributed by atoms with Gasteiger partial charge in [-0.2, -0.15) is 5.26 Å². The molecular weight excluding hydrogens is 202 g/mol. The van der Waals surface area contributed by atoms with E-state index in [0.29, 0.717) is 38.4 Å². The van der Waals surface area contributed by atoms with E-state index in [1.807, 2.05) is 0 Å². The Morgan fingerprint density at radius 2 is 2.25 bits per heavy atom. The van der Waals surface area contributed by atoms with Gasteiger partial charge in [0.15, 0.2) is 5.78 Å². The molecule has 0 aliphatic heterocycles. The Morgan fingerprint density at radius 3 is 2.81 bits per heavy atom. The van der Waals surface area contributed by atoms with E-state index in [2.05, 4.69) is 19.9 Å². The van der Waals surface area contributed by atoms with Gasteiger partial charge in [0.25, 0.3) is 0 Å². The Hall–Kier alpha value is -0.880. The van der Waals surface area contributed by atoms with Crippen molar-refractivity contribution in [1.29, 1.82) is 5.26 Å². The molecule has 0 aromatic rings. The van der Waals surface area contributed by atoms with Crippen LogP contribution in [0.2, 0.25) is 0 Å². The summed E-state index contributed by atoms with van der Waals surface area (Å²) in [6.45, 7) is 5.41. The molecule has 0 aromatic carbocycles. The van der Waals surface area contributed by atoms with Crippen molar-refractivity contribution in [2.24, 2.45) is 11.3 Å². The van der Waals surface area contributed by atoms with Gasteiger partial charge in [-0.1, -0.05) is 20.3 Å². The first-order chi connectivity index (χ1) is 7.60. The third-order valence-corrected chi connectivity index (χ3v) is 3.13. The molecule has 0 saturated heterocycles. The predicted octanol–water partition coefficient (Wildman–Crippen LogP) is 2.70. The van der Waals surface area contributed by atoms with Gasteiger partial charge >= 0.3 is 0 Å². The van der Waals surface area contributed by atoms with E-state index >= 15 is 0 Å². The summed E-state index contributed by atoms with van der Waals surface area (Å²) in [5.74, 6) is 0.620. The summed E-state index contributed by atoms with van der Waals surface area (Å²) in [7, 11) is 0. The Morgan fingerprint density at radius 1 is 1.50 bits per heavy atom. The third-order valence-electron chi connectivity index (χ3n) is 3.13. The normalized spacial score (nSPS) is 25.8. The van der Waals surface area contributed by atoms with E-state index in [-0.39, 0.29) is 5.78 Å². The van der Waals surface area contributed by atoms with Gasteiger partial charge < -0.3 is 4.74 Å². The first kappa shape index (κ1) is 13.2. The van der Waals surface area contributed by atoms with Crippen LogP contribution in [0.1, 0.15) is 46.0 Å². The highest BCUT2D eigenvalue weighted by atomic mass is 16.5. The molecule has 0 aromatic heterocycles. The number of hydrogen-bond acceptors (Lipinski definition) is 3. The topological polar surface area (TPSA) is 50.1 Å². The van der Waals surface area contributed by atoms with Crippen LogP contribution in [0.4, 0.5) is 0 Å². The van der Waals surface area contributed by atoms with Crippen molar-refractivity contribution in [1.82, 2.24) is 0 Å². The Labute approximate surface area is 97.8 Å². The summed E-state index contributed by atoms with van der Waals surface area (Å²) >= 11 is 0. The highest BCUT2D eigenvalue weighted by Crippen LogP contribution is 2.35. The summed E-state index contributed by atoms with van der Waals surface area (Å²) in [6.07, 6.45) is 3.78. The second kappa shape index (κ2) is 6.00. The number of ether oxygens (including phenoxy) is 1. The molecule has 0 N–H and O–H groups in total. The zero-order chi connectivity index (χ0) is 12.0. The van der Waals surface area contributed by atoms with Crippen LogP contribution in [-0.4, -0.2) is 19.0 Å². The molecule has 90 valence electrons. The summed E-state index contributed by atoms with van der Waals surface area (Å²) in [5, 5.41) is 9.19. The lowest BCUT2D eigenvalue weighted by atomic mass is 9.72. The van der Waals surface area contributed by atoms with Crippen molar-refractivity contribution in [2.45, 2.75) is 46.0 Å². The third kappa shape index (κ3) is 3.31. The Bertz CT molecular complexity index is 280. The SMILES string of the molecule is CC(C)COCCC1(C#N)CCCCC1=O. The second-order valence-corrected chi connectivity index (χ2v) is 5.04. The smallest absolute Gasteiger partial charge is 0.153 e. The molecule has 3 nitrogen and oxygen atoms in total. The van der Waals surface area contributed by atoms with Crippen LogP contribution in [0.15, 0.2) is 0 Å². The first-order valence-corrected chi connectivity index (χ1v) is 6.13. The molecule has 1 rings (SSSR count). The zero-order valence-electron chi connectivity index (χ0n) is 10.3. The first-order valence-electron chi connectivity index (χ1n) is 6.13. The number of carbonyl (C=O) groups is 1. The van der Waals surface area contributed by atoms with Gasteiger partial charge in [0.1, 0.15) is 5.41 Å². The monoisotopic (exact) mass is 223 g/mol. The summed E-state index contributed by atoms with van der Waals surface area (Å²) in [6, 6.07) is 2.23. The Kier molecular flexibility index (Phi) is 4.95. The molecular formula is C13H21NO2. The van der Waals surface area contributed by atoms with Gasteiger partial charge in [0.05, 0.1) is 6.07 Å². The minimum absolute atomic E-state index is 0.120. The summed E-state index contributed by atoms with van der Waals surface area (Å²) < 4.78 is 5.47.